The molecule has 0 atom stereocenters. The third-order valence-corrected chi connectivity index (χ3v) is 4.54. The highest BCUT2D eigenvalue weighted by Crippen LogP contribution is 2.50. The van der Waals surface area contributed by atoms with Crippen molar-refractivity contribution >= 4 is 24.2 Å². The number of hydrogen-bond acceptors (Lipinski definition) is 0. The van der Waals surface area contributed by atoms with Crippen LogP contribution in [0.2, 0.25) is 0 Å². The number of rotatable bonds is 0. The zero-order valence-electron chi connectivity index (χ0n) is 11.5. The second-order valence-corrected chi connectivity index (χ2v) is 6.04. The Morgan fingerprint density at radius 1 is 1.00 bits per heavy atom. The summed E-state index contributed by atoms with van der Waals surface area (Å²) < 4.78 is 0. The zero-order valence-corrected chi connectivity index (χ0v) is 11.5. The fourth-order valence-electron chi connectivity index (χ4n) is 3.60. The van der Waals surface area contributed by atoms with Crippen LogP contribution >= 0.6 is 0 Å². The maximum atomic E-state index is 3.66. The first-order valence-electron chi connectivity index (χ1n) is 6.82. The van der Waals surface area contributed by atoms with Gasteiger partial charge in [0.25, 0.3) is 0 Å². The number of hydrogen-bond donors (Lipinski definition) is 1. The van der Waals surface area contributed by atoms with Gasteiger partial charge in [0.05, 0.1) is 5.69 Å². The number of aromatic nitrogens is 1. The molecule has 0 bridgehead atoms. The van der Waals surface area contributed by atoms with E-state index in [4.69, 9.17) is 0 Å². The largest absolute Gasteiger partial charge is 0.355 e. The highest BCUT2D eigenvalue weighted by atomic mass is 14.8. The Labute approximate surface area is 114 Å². The van der Waals surface area contributed by atoms with E-state index in [1.165, 1.54) is 38.8 Å². The topological polar surface area (TPSA) is 15.8 Å². The minimum absolute atomic E-state index is 0.0813. The van der Waals surface area contributed by atoms with Crippen molar-refractivity contribution in [2.75, 3.05) is 0 Å². The van der Waals surface area contributed by atoms with Crippen molar-refractivity contribution < 1.29 is 0 Å². The second-order valence-electron chi connectivity index (χ2n) is 6.04. The Morgan fingerprint density at radius 2 is 1.79 bits per heavy atom. The molecule has 4 rings (SSSR count). The third-order valence-electron chi connectivity index (χ3n) is 4.54. The molecule has 0 radical (unpaired) electrons. The van der Waals surface area contributed by atoms with Crippen LogP contribution in [0.1, 0.15) is 25.0 Å². The Kier molecular flexibility index (Phi) is 1.91. The summed E-state index contributed by atoms with van der Waals surface area (Å²) >= 11 is 0. The zero-order chi connectivity index (χ0) is 13.2. The highest BCUT2D eigenvalue weighted by Gasteiger charge is 2.38. The van der Waals surface area contributed by atoms with Gasteiger partial charge in [-0.1, -0.05) is 61.8 Å². The van der Waals surface area contributed by atoms with E-state index in [-0.39, 0.29) is 5.41 Å². The van der Waals surface area contributed by atoms with E-state index in [1.807, 2.05) is 0 Å². The number of aromatic amines is 1. The first-order chi connectivity index (χ1) is 9.10. The van der Waals surface area contributed by atoms with Crippen LogP contribution in [0.25, 0.3) is 22.2 Å². The number of fused-ring (bicyclic) bond motifs is 5. The minimum atomic E-state index is 0.0813. The van der Waals surface area contributed by atoms with Gasteiger partial charge in [0.15, 0.2) is 0 Å². The molecule has 19 heavy (non-hydrogen) atoms. The van der Waals surface area contributed by atoms with Gasteiger partial charge >= 0.3 is 0 Å². The molecule has 1 aliphatic rings. The number of nitrogens with one attached hydrogen (secondary N) is 1. The Bertz CT molecular complexity index is 811. The van der Waals surface area contributed by atoms with Gasteiger partial charge in [-0.25, -0.2) is 0 Å². The summed E-state index contributed by atoms with van der Waals surface area (Å²) in [5.41, 5.74) is 8.24. The van der Waals surface area contributed by atoms with E-state index in [0.717, 1.165) is 0 Å². The van der Waals surface area contributed by atoms with E-state index >= 15 is 0 Å². The molecule has 2 aromatic carbocycles. The molecule has 0 unspecified atom stereocenters. The second kappa shape index (κ2) is 3.33. The maximum absolute atomic E-state index is 3.66. The van der Waals surface area contributed by atoms with Gasteiger partial charge in [-0.2, -0.15) is 0 Å². The van der Waals surface area contributed by atoms with Gasteiger partial charge in [0, 0.05) is 21.9 Å². The van der Waals surface area contributed by atoms with Crippen LogP contribution < -0.4 is 5.46 Å². The van der Waals surface area contributed by atoms with Crippen molar-refractivity contribution in [3.63, 3.8) is 0 Å². The van der Waals surface area contributed by atoms with Crippen LogP contribution in [0, 0.1) is 0 Å². The smallest absolute Gasteiger partial charge is 0.142 e. The normalized spacial score (nSPS) is 15.5. The lowest BCUT2D eigenvalue weighted by atomic mass is 9.81. The van der Waals surface area contributed by atoms with Crippen molar-refractivity contribution in [2.45, 2.75) is 19.3 Å². The molecule has 1 aromatic heterocycles. The van der Waals surface area contributed by atoms with Crippen LogP contribution in [0.15, 0.2) is 42.5 Å². The van der Waals surface area contributed by atoms with Crippen LogP contribution in [-0.2, 0) is 5.41 Å². The van der Waals surface area contributed by atoms with Crippen molar-refractivity contribution in [1.29, 1.82) is 0 Å². The van der Waals surface area contributed by atoms with E-state index in [0.29, 0.717) is 0 Å². The van der Waals surface area contributed by atoms with Gasteiger partial charge in [0.2, 0.25) is 0 Å². The summed E-state index contributed by atoms with van der Waals surface area (Å²) in [6.07, 6.45) is 0. The molecule has 0 fully saturated rings. The van der Waals surface area contributed by atoms with Crippen LogP contribution in [0.3, 0.4) is 0 Å². The van der Waals surface area contributed by atoms with Gasteiger partial charge in [-0.3, -0.25) is 0 Å². The van der Waals surface area contributed by atoms with Crippen molar-refractivity contribution in [1.82, 2.24) is 4.98 Å². The van der Waals surface area contributed by atoms with Crippen molar-refractivity contribution in [3.8, 4) is 11.3 Å². The fraction of sp³-hybridized carbons (Fsp3) is 0.176. The first-order valence-corrected chi connectivity index (χ1v) is 6.82. The molecule has 0 aliphatic heterocycles. The average Bonchev–Trinajstić information content (AvgIpc) is 2.88. The molecule has 1 heterocycles. The SMILES string of the molecule is Bc1cccc2c3c([nH]c12)-c1ccccc1C3(C)C. The molecule has 3 aromatic rings. The molecular formula is C17H16BN. The van der Waals surface area contributed by atoms with Crippen LogP contribution in [-0.4, -0.2) is 12.8 Å². The number of benzene rings is 2. The minimum Gasteiger partial charge on any atom is -0.355 e. The van der Waals surface area contributed by atoms with Gasteiger partial charge in [-0.05, 0) is 11.1 Å². The summed E-state index contributed by atoms with van der Waals surface area (Å²) in [6, 6.07) is 15.3. The predicted molar refractivity (Wildman–Crippen MR) is 84.0 cm³/mol. The summed E-state index contributed by atoms with van der Waals surface area (Å²) in [7, 11) is 2.17. The van der Waals surface area contributed by atoms with Crippen molar-refractivity contribution in [3.05, 3.63) is 53.6 Å². The molecule has 0 spiro atoms. The highest BCUT2D eigenvalue weighted by molar-refractivity contribution is 6.38. The predicted octanol–water partition coefficient (Wildman–Crippen LogP) is 2.73. The van der Waals surface area contributed by atoms with E-state index in [1.54, 1.807) is 0 Å². The molecule has 92 valence electrons. The van der Waals surface area contributed by atoms with Gasteiger partial charge < -0.3 is 4.98 Å². The van der Waals surface area contributed by atoms with Gasteiger partial charge in [0.1, 0.15) is 7.85 Å². The summed E-state index contributed by atoms with van der Waals surface area (Å²) in [6.45, 7) is 4.65. The molecule has 0 amide bonds. The van der Waals surface area contributed by atoms with Crippen LogP contribution in [0.5, 0.6) is 0 Å². The standard InChI is InChI=1S/C17H16BN/c1-17(2)12-8-4-3-6-10(12)16-14(17)11-7-5-9-13(18)15(11)19-16/h3-9,19H,18H2,1-2H3. The van der Waals surface area contributed by atoms with E-state index in [9.17, 15) is 0 Å². The third kappa shape index (κ3) is 1.21. The quantitative estimate of drug-likeness (QED) is 0.586. The Morgan fingerprint density at radius 3 is 2.63 bits per heavy atom. The summed E-state index contributed by atoms with van der Waals surface area (Å²) in [5.74, 6) is 0. The molecule has 0 saturated heterocycles. The van der Waals surface area contributed by atoms with Crippen molar-refractivity contribution in [2.24, 2.45) is 0 Å². The first kappa shape index (κ1) is 10.9. The monoisotopic (exact) mass is 245 g/mol. The lowest BCUT2D eigenvalue weighted by Gasteiger charge is -2.21. The molecule has 0 saturated carbocycles. The Balaban J connectivity index is 2.20. The van der Waals surface area contributed by atoms with E-state index < -0.39 is 0 Å². The lowest BCUT2D eigenvalue weighted by molar-refractivity contribution is 0.666. The summed E-state index contributed by atoms with van der Waals surface area (Å²) in [5, 5.41) is 1.37. The van der Waals surface area contributed by atoms with Crippen LogP contribution in [0.4, 0.5) is 0 Å². The number of para-hydroxylation sites is 1. The summed E-state index contributed by atoms with van der Waals surface area (Å²) in [4.78, 5) is 3.66. The lowest BCUT2D eigenvalue weighted by Crippen LogP contribution is -2.15. The molecule has 1 aliphatic carbocycles. The molecule has 2 heteroatoms. The molecule has 1 nitrogen and oxygen atoms in total. The average molecular weight is 245 g/mol. The fourth-order valence-corrected chi connectivity index (χ4v) is 3.60. The Hall–Kier alpha value is -1.96. The maximum Gasteiger partial charge on any atom is 0.142 e. The van der Waals surface area contributed by atoms with E-state index in [2.05, 4.69) is 69.1 Å². The molecular weight excluding hydrogens is 229 g/mol. The van der Waals surface area contributed by atoms with Gasteiger partial charge in [-0.15, -0.1) is 0 Å². The molecule has 1 N–H and O–H groups in total. The number of H-pyrrole nitrogens is 1.